The number of hydrogen-bond donors (Lipinski definition) is 2. The molecule has 1 aliphatic rings. The van der Waals surface area contributed by atoms with Crippen molar-refractivity contribution in [2.45, 2.75) is 26.7 Å². The van der Waals surface area contributed by atoms with E-state index < -0.39 is 0 Å². The van der Waals surface area contributed by atoms with Crippen molar-refractivity contribution >= 4 is 0 Å². The third-order valence-corrected chi connectivity index (χ3v) is 1.66. The highest BCUT2D eigenvalue weighted by molar-refractivity contribution is 4.66. The van der Waals surface area contributed by atoms with E-state index in [1.807, 2.05) is 13.8 Å². The Bertz CT molecular complexity index is 60.3. The fourth-order valence-corrected chi connectivity index (χ4v) is 1.08. The lowest BCUT2D eigenvalue weighted by molar-refractivity contribution is 0.199. The van der Waals surface area contributed by atoms with Crippen LogP contribution in [0.2, 0.25) is 0 Å². The van der Waals surface area contributed by atoms with Crippen molar-refractivity contribution in [2.75, 3.05) is 19.7 Å². The Morgan fingerprint density at radius 3 is 2.50 bits per heavy atom. The zero-order chi connectivity index (χ0) is 7.82. The molecule has 0 aromatic carbocycles. The molecule has 1 rings (SSSR count). The second-order valence-corrected chi connectivity index (χ2v) is 2.39. The minimum Gasteiger partial charge on any atom is -0.396 e. The van der Waals surface area contributed by atoms with Crippen LogP contribution in [0, 0.1) is 5.92 Å². The predicted molar refractivity (Wildman–Crippen MR) is 44.0 cm³/mol. The van der Waals surface area contributed by atoms with Gasteiger partial charge in [0, 0.05) is 13.2 Å². The third-order valence-electron chi connectivity index (χ3n) is 1.66. The Morgan fingerprint density at radius 1 is 1.50 bits per heavy atom. The molecule has 0 radical (unpaired) electrons. The van der Waals surface area contributed by atoms with Crippen LogP contribution < -0.4 is 5.32 Å². The number of piperidine rings is 1. The van der Waals surface area contributed by atoms with Crippen molar-refractivity contribution in [1.29, 1.82) is 0 Å². The average Bonchev–Trinajstić information content (AvgIpc) is 2.10. The average molecular weight is 145 g/mol. The van der Waals surface area contributed by atoms with E-state index in [4.69, 9.17) is 5.11 Å². The molecule has 1 aliphatic heterocycles. The van der Waals surface area contributed by atoms with Crippen LogP contribution in [-0.2, 0) is 0 Å². The molecule has 1 fully saturated rings. The van der Waals surface area contributed by atoms with Crippen molar-refractivity contribution in [2.24, 2.45) is 5.92 Å². The van der Waals surface area contributed by atoms with Crippen molar-refractivity contribution in [3.8, 4) is 0 Å². The summed E-state index contributed by atoms with van der Waals surface area (Å²) in [6.07, 6.45) is 2.43. The number of aliphatic hydroxyl groups is 1. The Labute approximate surface area is 63.6 Å². The smallest absolute Gasteiger partial charge is 0.0471 e. The third kappa shape index (κ3) is 3.85. The second-order valence-electron chi connectivity index (χ2n) is 2.39. The first-order chi connectivity index (χ1) is 4.93. The first-order valence-electron chi connectivity index (χ1n) is 4.25. The first kappa shape index (κ1) is 9.92. The van der Waals surface area contributed by atoms with Gasteiger partial charge in [0.05, 0.1) is 0 Å². The quantitative estimate of drug-likeness (QED) is 0.577. The molecular weight excluding hydrogens is 126 g/mol. The number of rotatable bonds is 1. The van der Waals surface area contributed by atoms with E-state index in [-0.39, 0.29) is 0 Å². The van der Waals surface area contributed by atoms with Crippen molar-refractivity contribution in [3.63, 3.8) is 0 Å². The monoisotopic (exact) mass is 145 g/mol. The van der Waals surface area contributed by atoms with Gasteiger partial charge < -0.3 is 10.4 Å². The fraction of sp³-hybridized carbons (Fsp3) is 1.00. The Morgan fingerprint density at radius 2 is 2.20 bits per heavy atom. The minimum absolute atomic E-state index is 0.354. The molecule has 2 heteroatoms. The van der Waals surface area contributed by atoms with Gasteiger partial charge in [-0.2, -0.15) is 0 Å². The van der Waals surface area contributed by atoms with Crippen LogP contribution in [0.15, 0.2) is 0 Å². The van der Waals surface area contributed by atoms with Gasteiger partial charge in [0.25, 0.3) is 0 Å². The largest absolute Gasteiger partial charge is 0.396 e. The molecule has 0 spiro atoms. The highest BCUT2D eigenvalue weighted by Gasteiger charge is 2.09. The topological polar surface area (TPSA) is 32.3 Å². The number of aliphatic hydroxyl groups excluding tert-OH is 1. The van der Waals surface area contributed by atoms with Crippen LogP contribution in [-0.4, -0.2) is 24.8 Å². The molecule has 0 bridgehead atoms. The summed E-state index contributed by atoms with van der Waals surface area (Å²) in [5.41, 5.74) is 0. The Hall–Kier alpha value is -0.0800. The van der Waals surface area contributed by atoms with Crippen molar-refractivity contribution in [3.05, 3.63) is 0 Å². The van der Waals surface area contributed by atoms with Crippen LogP contribution in [0.1, 0.15) is 26.7 Å². The molecule has 2 N–H and O–H groups in total. The highest BCUT2D eigenvalue weighted by atomic mass is 16.3. The first-order valence-corrected chi connectivity index (χ1v) is 4.25. The zero-order valence-electron chi connectivity index (χ0n) is 7.06. The van der Waals surface area contributed by atoms with E-state index in [9.17, 15) is 0 Å². The van der Waals surface area contributed by atoms with Gasteiger partial charge >= 0.3 is 0 Å². The summed E-state index contributed by atoms with van der Waals surface area (Å²) in [6, 6.07) is 0. The van der Waals surface area contributed by atoms with E-state index in [0.717, 1.165) is 13.1 Å². The van der Waals surface area contributed by atoms with Gasteiger partial charge in [-0.3, -0.25) is 0 Å². The van der Waals surface area contributed by atoms with Crippen LogP contribution in [0.5, 0.6) is 0 Å². The molecule has 1 saturated heterocycles. The summed E-state index contributed by atoms with van der Waals surface area (Å²) in [5.74, 6) is 0.531. The molecule has 2 nitrogen and oxygen atoms in total. The summed E-state index contributed by atoms with van der Waals surface area (Å²) in [7, 11) is 0. The summed E-state index contributed by atoms with van der Waals surface area (Å²) in [5, 5.41) is 11.9. The molecule has 0 aliphatic carbocycles. The summed E-state index contributed by atoms with van der Waals surface area (Å²) < 4.78 is 0. The highest BCUT2D eigenvalue weighted by Crippen LogP contribution is 2.07. The maximum absolute atomic E-state index is 8.65. The lowest BCUT2D eigenvalue weighted by Gasteiger charge is -2.19. The van der Waals surface area contributed by atoms with Crippen LogP contribution in [0.4, 0.5) is 0 Å². The van der Waals surface area contributed by atoms with Gasteiger partial charge in [0.1, 0.15) is 0 Å². The lowest BCUT2D eigenvalue weighted by Crippen LogP contribution is -2.31. The maximum atomic E-state index is 8.65. The van der Waals surface area contributed by atoms with E-state index in [0.29, 0.717) is 12.5 Å². The summed E-state index contributed by atoms with van der Waals surface area (Å²) in [6.45, 7) is 6.50. The summed E-state index contributed by atoms with van der Waals surface area (Å²) in [4.78, 5) is 0. The standard InChI is InChI=1S/C6H13NO.C2H6/c8-5-6-2-1-3-7-4-6;1-2/h6-8H,1-5H2;1-2H3. The normalized spacial score (nSPS) is 24.9. The molecule has 0 amide bonds. The molecule has 62 valence electrons. The predicted octanol–water partition coefficient (Wildman–Crippen LogP) is 1.00. The Balaban J connectivity index is 0.000000371. The van der Waals surface area contributed by atoms with E-state index >= 15 is 0 Å². The zero-order valence-corrected chi connectivity index (χ0v) is 7.06. The van der Waals surface area contributed by atoms with Gasteiger partial charge in [0.2, 0.25) is 0 Å². The van der Waals surface area contributed by atoms with Gasteiger partial charge in [-0.1, -0.05) is 13.8 Å². The molecule has 1 heterocycles. The van der Waals surface area contributed by atoms with Crippen molar-refractivity contribution < 1.29 is 5.11 Å². The molecule has 0 saturated carbocycles. The van der Waals surface area contributed by atoms with Crippen LogP contribution in [0.3, 0.4) is 0 Å². The molecular formula is C8H19NO. The Kier molecular flexibility index (Phi) is 6.98. The molecule has 0 aromatic heterocycles. The molecule has 1 atom stereocenters. The van der Waals surface area contributed by atoms with Crippen LogP contribution in [0.25, 0.3) is 0 Å². The van der Waals surface area contributed by atoms with E-state index in [1.54, 1.807) is 0 Å². The van der Waals surface area contributed by atoms with Gasteiger partial charge in [0.15, 0.2) is 0 Å². The van der Waals surface area contributed by atoms with Crippen molar-refractivity contribution in [1.82, 2.24) is 5.32 Å². The minimum atomic E-state index is 0.354. The second kappa shape index (κ2) is 7.03. The molecule has 0 aromatic rings. The molecule has 10 heavy (non-hydrogen) atoms. The molecule has 1 unspecified atom stereocenters. The maximum Gasteiger partial charge on any atom is 0.0471 e. The van der Waals surface area contributed by atoms with E-state index in [2.05, 4.69) is 5.32 Å². The van der Waals surface area contributed by atoms with Gasteiger partial charge in [-0.15, -0.1) is 0 Å². The fourth-order valence-electron chi connectivity index (χ4n) is 1.08. The van der Waals surface area contributed by atoms with Crippen LogP contribution >= 0.6 is 0 Å². The number of hydrogen-bond acceptors (Lipinski definition) is 2. The SMILES string of the molecule is CC.OCC1CCCNC1. The number of nitrogens with one attached hydrogen (secondary N) is 1. The van der Waals surface area contributed by atoms with Gasteiger partial charge in [-0.05, 0) is 25.3 Å². The van der Waals surface area contributed by atoms with E-state index in [1.165, 1.54) is 12.8 Å². The van der Waals surface area contributed by atoms with Gasteiger partial charge in [-0.25, -0.2) is 0 Å². The summed E-state index contributed by atoms with van der Waals surface area (Å²) >= 11 is 0. The lowest BCUT2D eigenvalue weighted by atomic mass is 10.0.